The standard InChI is InChI=1S/C18H16FNO6S/c1-27(23,24)25-11-15-9-20(18(22)26-15)14-6-7-16(17(19)8-14)13-4-2-12(10-21)3-5-13/h2-8,10,15H,9,11H2,1H3/t15-/m1/s1. The first-order valence-corrected chi connectivity index (χ1v) is 9.76. The number of hydrogen-bond donors (Lipinski definition) is 0. The smallest absolute Gasteiger partial charge is 0.414 e. The van der Waals surface area contributed by atoms with E-state index in [2.05, 4.69) is 4.18 Å². The van der Waals surface area contributed by atoms with E-state index in [0.717, 1.165) is 6.26 Å². The van der Waals surface area contributed by atoms with Gasteiger partial charge in [-0.3, -0.25) is 13.9 Å². The fraction of sp³-hybridized carbons (Fsp3) is 0.222. The van der Waals surface area contributed by atoms with Gasteiger partial charge in [0, 0.05) is 11.1 Å². The van der Waals surface area contributed by atoms with Crippen molar-refractivity contribution in [3.05, 3.63) is 53.8 Å². The summed E-state index contributed by atoms with van der Waals surface area (Å²) in [6, 6.07) is 10.7. The van der Waals surface area contributed by atoms with Gasteiger partial charge < -0.3 is 4.74 Å². The van der Waals surface area contributed by atoms with Gasteiger partial charge in [0.25, 0.3) is 10.1 Å². The molecule has 3 rings (SSSR count). The molecule has 7 nitrogen and oxygen atoms in total. The van der Waals surface area contributed by atoms with Gasteiger partial charge in [-0.25, -0.2) is 9.18 Å². The Morgan fingerprint density at radius 2 is 1.96 bits per heavy atom. The van der Waals surface area contributed by atoms with Crippen molar-refractivity contribution in [1.29, 1.82) is 0 Å². The zero-order chi connectivity index (χ0) is 19.6. The molecule has 0 aliphatic carbocycles. The van der Waals surface area contributed by atoms with Crippen LogP contribution in [0.5, 0.6) is 0 Å². The topological polar surface area (TPSA) is 90.0 Å². The number of rotatable bonds is 6. The molecule has 27 heavy (non-hydrogen) atoms. The highest BCUT2D eigenvalue weighted by atomic mass is 32.2. The molecule has 1 saturated heterocycles. The van der Waals surface area contributed by atoms with Crippen molar-refractivity contribution >= 4 is 28.2 Å². The summed E-state index contributed by atoms with van der Waals surface area (Å²) < 4.78 is 46.3. The van der Waals surface area contributed by atoms with Crippen LogP contribution in [0.3, 0.4) is 0 Å². The van der Waals surface area contributed by atoms with E-state index in [9.17, 15) is 22.4 Å². The second kappa shape index (κ2) is 7.45. The largest absolute Gasteiger partial charge is 0.441 e. The number of carbonyl (C=O) groups excluding carboxylic acids is 2. The molecule has 0 bridgehead atoms. The Bertz CT molecular complexity index is 974. The summed E-state index contributed by atoms with van der Waals surface area (Å²) in [4.78, 5) is 23.9. The number of cyclic esters (lactones) is 1. The first-order chi connectivity index (χ1) is 12.8. The van der Waals surface area contributed by atoms with E-state index in [4.69, 9.17) is 4.74 Å². The van der Waals surface area contributed by atoms with Crippen LogP contribution in [0.2, 0.25) is 0 Å². The van der Waals surface area contributed by atoms with Crippen LogP contribution in [0.25, 0.3) is 11.1 Å². The molecule has 1 fully saturated rings. The first-order valence-electron chi connectivity index (χ1n) is 7.94. The minimum Gasteiger partial charge on any atom is -0.441 e. The van der Waals surface area contributed by atoms with Gasteiger partial charge in [0.2, 0.25) is 0 Å². The molecular weight excluding hydrogens is 377 g/mol. The molecule has 1 aliphatic rings. The molecule has 9 heteroatoms. The third-order valence-electron chi connectivity index (χ3n) is 3.96. The fourth-order valence-corrected chi connectivity index (χ4v) is 3.06. The van der Waals surface area contributed by atoms with E-state index in [1.165, 1.54) is 17.0 Å². The van der Waals surface area contributed by atoms with Gasteiger partial charge in [-0.05, 0) is 23.8 Å². The van der Waals surface area contributed by atoms with Crippen LogP contribution in [0, 0.1) is 5.82 Å². The fourth-order valence-electron chi connectivity index (χ4n) is 2.67. The Labute approximate surface area is 155 Å². The molecule has 2 aromatic carbocycles. The Hall–Kier alpha value is -2.78. The summed E-state index contributed by atoms with van der Waals surface area (Å²) in [5.74, 6) is -0.546. The van der Waals surface area contributed by atoms with Gasteiger partial charge in [0.15, 0.2) is 0 Å². The van der Waals surface area contributed by atoms with Crippen molar-refractivity contribution in [1.82, 2.24) is 0 Å². The lowest BCUT2D eigenvalue weighted by molar-refractivity contribution is 0.107. The zero-order valence-electron chi connectivity index (χ0n) is 14.3. The zero-order valence-corrected chi connectivity index (χ0v) is 15.1. The van der Waals surface area contributed by atoms with Crippen LogP contribution in [0.4, 0.5) is 14.9 Å². The summed E-state index contributed by atoms with van der Waals surface area (Å²) >= 11 is 0. The summed E-state index contributed by atoms with van der Waals surface area (Å²) in [6.45, 7) is -0.258. The maximum Gasteiger partial charge on any atom is 0.414 e. The lowest BCUT2D eigenvalue weighted by atomic mass is 10.0. The molecule has 0 spiro atoms. The highest BCUT2D eigenvalue weighted by Gasteiger charge is 2.33. The van der Waals surface area contributed by atoms with Crippen LogP contribution in [0.15, 0.2) is 42.5 Å². The summed E-state index contributed by atoms with van der Waals surface area (Å²) in [5, 5.41) is 0. The Balaban J connectivity index is 1.76. The van der Waals surface area contributed by atoms with E-state index in [1.807, 2.05) is 0 Å². The van der Waals surface area contributed by atoms with Crippen LogP contribution in [-0.4, -0.2) is 46.3 Å². The predicted molar refractivity (Wildman–Crippen MR) is 95.6 cm³/mol. The lowest BCUT2D eigenvalue weighted by Gasteiger charge is -2.14. The number of amides is 1. The summed E-state index contributed by atoms with van der Waals surface area (Å²) in [5.41, 5.74) is 1.68. The summed E-state index contributed by atoms with van der Waals surface area (Å²) in [7, 11) is -3.65. The lowest BCUT2D eigenvalue weighted by Crippen LogP contribution is -2.26. The molecule has 1 amide bonds. The van der Waals surface area contributed by atoms with Gasteiger partial charge in [-0.15, -0.1) is 0 Å². The number of carbonyl (C=O) groups is 2. The summed E-state index contributed by atoms with van der Waals surface area (Å²) in [6.07, 6.45) is 0.120. The predicted octanol–water partition coefficient (Wildman–Crippen LogP) is 2.61. The number of benzene rings is 2. The average Bonchev–Trinajstić information content (AvgIpc) is 3.00. The van der Waals surface area contributed by atoms with E-state index in [1.54, 1.807) is 30.3 Å². The van der Waals surface area contributed by atoms with Crippen LogP contribution in [-0.2, 0) is 19.0 Å². The highest BCUT2D eigenvalue weighted by molar-refractivity contribution is 7.85. The van der Waals surface area contributed by atoms with Gasteiger partial charge >= 0.3 is 6.09 Å². The second-order valence-electron chi connectivity index (χ2n) is 6.01. The van der Waals surface area contributed by atoms with Gasteiger partial charge in [0.1, 0.15) is 24.8 Å². The van der Waals surface area contributed by atoms with Crippen molar-refractivity contribution in [2.75, 3.05) is 24.3 Å². The number of ether oxygens (including phenoxy) is 1. The highest BCUT2D eigenvalue weighted by Crippen LogP contribution is 2.29. The van der Waals surface area contributed by atoms with Crippen molar-refractivity contribution in [2.45, 2.75) is 6.10 Å². The average molecular weight is 393 g/mol. The number of aldehydes is 1. The van der Waals surface area contributed by atoms with E-state index < -0.39 is 28.1 Å². The molecule has 1 aliphatic heterocycles. The minimum absolute atomic E-state index is 0.0428. The number of hydrogen-bond acceptors (Lipinski definition) is 6. The van der Waals surface area contributed by atoms with Crippen molar-refractivity contribution in [3.63, 3.8) is 0 Å². The molecule has 1 heterocycles. The molecule has 0 radical (unpaired) electrons. The van der Waals surface area contributed by atoms with Gasteiger partial charge in [0.05, 0.1) is 18.5 Å². The Morgan fingerprint density at radius 3 is 2.56 bits per heavy atom. The normalized spacial score (nSPS) is 17.0. The first kappa shape index (κ1) is 19.0. The van der Waals surface area contributed by atoms with E-state index in [-0.39, 0.29) is 18.8 Å². The van der Waals surface area contributed by atoms with E-state index >= 15 is 0 Å². The number of nitrogens with zero attached hydrogens (tertiary/aromatic N) is 1. The third-order valence-corrected chi connectivity index (χ3v) is 4.53. The van der Waals surface area contributed by atoms with Crippen LogP contribution in [0.1, 0.15) is 10.4 Å². The SMILES string of the molecule is CS(=O)(=O)OC[C@H]1CN(c2ccc(-c3ccc(C=O)cc3)c(F)c2)C(=O)O1. The molecule has 0 aromatic heterocycles. The van der Waals surface area contributed by atoms with E-state index in [0.29, 0.717) is 23.0 Å². The van der Waals surface area contributed by atoms with Crippen LogP contribution >= 0.6 is 0 Å². The Morgan fingerprint density at radius 1 is 1.26 bits per heavy atom. The van der Waals surface area contributed by atoms with Crippen molar-refractivity contribution in [2.24, 2.45) is 0 Å². The molecular formula is C18H16FNO6S. The van der Waals surface area contributed by atoms with Crippen molar-refractivity contribution in [3.8, 4) is 11.1 Å². The second-order valence-corrected chi connectivity index (χ2v) is 7.65. The molecule has 0 unspecified atom stereocenters. The molecule has 1 atom stereocenters. The van der Waals surface area contributed by atoms with Crippen LogP contribution < -0.4 is 4.90 Å². The third kappa shape index (κ3) is 4.50. The number of anilines is 1. The Kier molecular flexibility index (Phi) is 5.24. The quantitative estimate of drug-likeness (QED) is 0.554. The minimum atomic E-state index is -3.65. The molecule has 142 valence electrons. The van der Waals surface area contributed by atoms with Gasteiger partial charge in [-0.2, -0.15) is 8.42 Å². The molecule has 0 N–H and O–H groups in total. The monoisotopic (exact) mass is 393 g/mol. The molecule has 2 aromatic rings. The maximum atomic E-state index is 14.5. The van der Waals surface area contributed by atoms with Gasteiger partial charge in [-0.1, -0.05) is 24.3 Å². The maximum absolute atomic E-state index is 14.5. The van der Waals surface area contributed by atoms with Crippen molar-refractivity contribution < 1.29 is 31.3 Å². The number of halogens is 1. The molecule has 0 saturated carbocycles.